The number of rotatable bonds is 10. The lowest BCUT2D eigenvalue weighted by atomic mass is 9.92. The molecule has 0 bridgehead atoms. The third kappa shape index (κ3) is 5.77. The topological polar surface area (TPSA) is 100 Å². The summed E-state index contributed by atoms with van der Waals surface area (Å²) < 4.78 is 1.77. The van der Waals surface area contributed by atoms with E-state index in [0.29, 0.717) is 12.8 Å². The van der Waals surface area contributed by atoms with E-state index in [2.05, 4.69) is 46.8 Å². The summed E-state index contributed by atoms with van der Waals surface area (Å²) in [5.74, 6) is -0.276. The highest BCUT2D eigenvalue weighted by molar-refractivity contribution is 5.73. The van der Waals surface area contributed by atoms with Gasteiger partial charge in [-0.2, -0.15) is 0 Å². The zero-order chi connectivity index (χ0) is 22.3. The van der Waals surface area contributed by atoms with Gasteiger partial charge >= 0.3 is 0 Å². The number of carbonyl (C=O) groups is 1. The van der Waals surface area contributed by atoms with E-state index in [1.165, 1.54) is 12.5 Å². The van der Waals surface area contributed by atoms with Gasteiger partial charge in [0, 0.05) is 12.5 Å². The van der Waals surface area contributed by atoms with Crippen LogP contribution < -0.4 is 5.32 Å². The SMILES string of the molecule is CCCc1ccc(-n2cc(-c3ccc(CCC(CO)(CO)NC(C)=O)cc3)nn2)cc1. The second-order valence-corrected chi connectivity index (χ2v) is 7.94. The minimum atomic E-state index is -1.01. The summed E-state index contributed by atoms with van der Waals surface area (Å²) in [6, 6.07) is 16.3. The zero-order valence-corrected chi connectivity index (χ0v) is 18.1. The Labute approximate surface area is 182 Å². The standard InChI is InChI=1S/C24H30N4O3/c1-3-4-19-7-11-22(12-8-19)28-15-23(26-27-28)21-9-5-20(6-10-21)13-14-24(16-29,17-30)25-18(2)31/h5-12,15,29-30H,3-4,13-14,16-17H2,1-2H3,(H,25,31). The summed E-state index contributed by atoms with van der Waals surface area (Å²) in [6.45, 7) is 2.91. The lowest BCUT2D eigenvalue weighted by molar-refractivity contribution is -0.122. The van der Waals surface area contributed by atoms with Crippen LogP contribution in [0.3, 0.4) is 0 Å². The van der Waals surface area contributed by atoms with Crippen LogP contribution in [0.5, 0.6) is 0 Å². The molecule has 1 heterocycles. The fraction of sp³-hybridized carbons (Fsp3) is 0.375. The van der Waals surface area contributed by atoms with Gasteiger partial charge in [-0.15, -0.1) is 5.10 Å². The summed E-state index contributed by atoms with van der Waals surface area (Å²) in [7, 11) is 0. The predicted molar refractivity (Wildman–Crippen MR) is 120 cm³/mol. The van der Waals surface area contributed by atoms with E-state index in [1.807, 2.05) is 30.5 Å². The van der Waals surface area contributed by atoms with Crippen LogP contribution in [0.4, 0.5) is 0 Å². The Kier molecular flexibility index (Phi) is 7.55. The number of carbonyl (C=O) groups excluding carboxylic acids is 1. The van der Waals surface area contributed by atoms with Crippen molar-refractivity contribution in [3.05, 3.63) is 65.9 Å². The lowest BCUT2D eigenvalue weighted by Crippen LogP contribution is -2.53. The monoisotopic (exact) mass is 422 g/mol. The van der Waals surface area contributed by atoms with Crippen LogP contribution >= 0.6 is 0 Å². The first-order valence-corrected chi connectivity index (χ1v) is 10.6. The highest BCUT2D eigenvalue weighted by atomic mass is 16.3. The lowest BCUT2D eigenvalue weighted by Gasteiger charge is -2.30. The van der Waals surface area contributed by atoms with E-state index in [1.54, 1.807) is 4.68 Å². The Hall–Kier alpha value is -3.03. The summed E-state index contributed by atoms with van der Waals surface area (Å²) in [4.78, 5) is 11.4. The van der Waals surface area contributed by atoms with Gasteiger partial charge in [0.05, 0.1) is 30.6 Å². The van der Waals surface area contributed by atoms with Crippen molar-refractivity contribution in [2.45, 2.75) is 45.1 Å². The van der Waals surface area contributed by atoms with Crippen LogP contribution in [0.25, 0.3) is 16.9 Å². The number of aromatic nitrogens is 3. The second kappa shape index (κ2) is 10.3. The van der Waals surface area contributed by atoms with Crippen molar-refractivity contribution in [2.75, 3.05) is 13.2 Å². The average Bonchev–Trinajstić information content (AvgIpc) is 3.28. The molecule has 0 radical (unpaired) electrons. The first-order valence-electron chi connectivity index (χ1n) is 10.6. The molecule has 0 saturated heterocycles. The summed E-state index contributed by atoms with van der Waals surface area (Å²) in [5, 5.41) is 30.5. The number of benzene rings is 2. The Bertz CT molecular complexity index is 977. The number of hydrogen-bond donors (Lipinski definition) is 3. The van der Waals surface area contributed by atoms with Gasteiger partial charge in [-0.25, -0.2) is 4.68 Å². The normalized spacial score (nSPS) is 11.5. The van der Waals surface area contributed by atoms with Crippen molar-refractivity contribution in [3.63, 3.8) is 0 Å². The van der Waals surface area contributed by atoms with Gasteiger partial charge in [-0.1, -0.05) is 55.0 Å². The van der Waals surface area contributed by atoms with E-state index in [-0.39, 0.29) is 19.1 Å². The molecule has 7 heteroatoms. The molecule has 0 aliphatic carbocycles. The largest absolute Gasteiger partial charge is 0.394 e. The van der Waals surface area contributed by atoms with E-state index in [4.69, 9.17) is 0 Å². The van der Waals surface area contributed by atoms with Crippen molar-refractivity contribution in [2.24, 2.45) is 0 Å². The Morgan fingerprint density at radius 1 is 1.00 bits per heavy atom. The first-order chi connectivity index (χ1) is 15.0. The van der Waals surface area contributed by atoms with Gasteiger partial charge in [-0.05, 0) is 42.5 Å². The highest BCUT2D eigenvalue weighted by Gasteiger charge is 2.29. The van der Waals surface area contributed by atoms with Crippen LogP contribution in [0.1, 0.15) is 37.8 Å². The van der Waals surface area contributed by atoms with Gasteiger partial charge < -0.3 is 15.5 Å². The quantitative estimate of drug-likeness (QED) is 0.466. The summed E-state index contributed by atoms with van der Waals surface area (Å²) in [6.07, 6.45) is 5.14. The molecule has 3 N–H and O–H groups in total. The maximum atomic E-state index is 11.4. The molecule has 31 heavy (non-hydrogen) atoms. The molecule has 0 saturated carbocycles. The maximum Gasteiger partial charge on any atom is 0.217 e. The number of nitrogens with one attached hydrogen (secondary N) is 1. The van der Waals surface area contributed by atoms with Gasteiger partial charge in [0.15, 0.2) is 0 Å². The Morgan fingerprint density at radius 2 is 1.61 bits per heavy atom. The van der Waals surface area contributed by atoms with Crippen molar-refractivity contribution in [3.8, 4) is 16.9 Å². The molecule has 3 rings (SSSR count). The van der Waals surface area contributed by atoms with E-state index in [9.17, 15) is 15.0 Å². The fourth-order valence-electron chi connectivity index (χ4n) is 3.58. The van der Waals surface area contributed by atoms with Gasteiger partial charge in [-0.3, -0.25) is 4.79 Å². The molecule has 7 nitrogen and oxygen atoms in total. The molecule has 1 aromatic heterocycles. The zero-order valence-electron chi connectivity index (χ0n) is 18.1. The molecule has 0 aliphatic rings. The maximum absolute atomic E-state index is 11.4. The Balaban J connectivity index is 1.67. The second-order valence-electron chi connectivity index (χ2n) is 7.94. The molecule has 1 amide bonds. The molecule has 2 aromatic carbocycles. The molecule has 3 aromatic rings. The minimum Gasteiger partial charge on any atom is -0.394 e. The van der Waals surface area contributed by atoms with Gasteiger partial charge in [0.1, 0.15) is 5.69 Å². The average molecular weight is 423 g/mol. The predicted octanol–water partition coefficient (Wildman–Crippen LogP) is 2.68. The molecule has 0 unspecified atom stereocenters. The van der Waals surface area contributed by atoms with E-state index >= 15 is 0 Å². The highest BCUT2D eigenvalue weighted by Crippen LogP contribution is 2.21. The van der Waals surface area contributed by atoms with Gasteiger partial charge in [0.2, 0.25) is 5.91 Å². The van der Waals surface area contributed by atoms with Crippen molar-refractivity contribution in [1.29, 1.82) is 0 Å². The van der Waals surface area contributed by atoms with Crippen LogP contribution in [-0.4, -0.2) is 49.9 Å². The number of amides is 1. The van der Waals surface area contributed by atoms with E-state index < -0.39 is 5.54 Å². The summed E-state index contributed by atoms with van der Waals surface area (Å²) in [5.41, 5.74) is 4.04. The van der Waals surface area contributed by atoms with Crippen molar-refractivity contribution in [1.82, 2.24) is 20.3 Å². The van der Waals surface area contributed by atoms with Crippen molar-refractivity contribution >= 4 is 5.91 Å². The molecular formula is C24H30N4O3. The number of aryl methyl sites for hydroxylation is 2. The molecule has 0 fully saturated rings. The molecule has 0 aliphatic heterocycles. The smallest absolute Gasteiger partial charge is 0.217 e. The minimum absolute atomic E-state index is 0.276. The number of aliphatic hydroxyl groups is 2. The fourth-order valence-corrected chi connectivity index (χ4v) is 3.58. The number of nitrogens with zero attached hydrogens (tertiary/aromatic N) is 3. The first kappa shape index (κ1) is 22.7. The van der Waals surface area contributed by atoms with Crippen molar-refractivity contribution < 1.29 is 15.0 Å². The van der Waals surface area contributed by atoms with Crippen LogP contribution in [0.15, 0.2) is 54.7 Å². The number of hydrogen-bond acceptors (Lipinski definition) is 5. The van der Waals surface area contributed by atoms with Crippen LogP contribution in [0, 0.1) is 0 Å². The number of aliphatic hydroxyl groups excluding tert-OH is 2. The van der Waals surface area contributed by atoms with Crippen LogP contribution in [-0.2, 0) is 17.6 Å². The molecule has 0 atom stereocenters. The molecular weight excluding hydrogens is 392 g/mol. The third-order valence-electron chi connectivity index (χ3n) is 5.42. The molecule has 0 spiro atoms. The summed E-state index contributed by atoms with van der Waals surface area (Å²) >= 11 is 0. The van der Waals surface area contributed by atoms with E-state index in [0.717, 1.165) is 35.3 Å². The van der Waals surface area contributed by atoms with Crippen LogP contribution in [0.2, 0.25) is 0 Å². The Morgan fingerprint density at radius 3 is 2.19 bits per heavy atom. The third-order valence-corrected chi connectivity index (χ3v) is 5.42. The molecule has 164 valence electrons. The van der Waals surface area contributed by atoms with Gasteiger partial charge in [0.25, 0.3) is 0 Å².